The SMILES string of the molecule is c1ccc(C2=NC(c3cccc4oc5c(-c6ccc7ccccc7c6)cccc5c34)=NC(c3ccc4oc5ccccc5c4c3)N2)cc1. The molecule has 0 saturated heterocycles. The van der Waals surface area contributed by atoms with Crippen LogP contribution in [0.3, 0.4) is 0 Å². The zero-order valence-corrected chi connectivity index (χ0v) is 25.7. The molecule has 48 heavy (non-hydrogen) atoms. The molecular formula is C43H27N3O2. The summed E-state index contributed by atoms with van der Waals surface area (Å²) >= 11 is 0. The summed E-state index contributed by atoms with van der Waals surface area (Å²) in [5, 5.41) is 10.2. The second kappa shape index (κ2) is 10.5. The summed E-state index contributed by atoms with van der Waals surface area (Å²) in [6, 6.07) is 52.2. The van der Waals surface area contributed by atoms with E-state index < -0.39 is 0 Å². The minimum atomic E-state index is -0.368. The van der Waals surface area contributed by atoms with E-state index in [1.165, 1.54) is 10.8 Å². The van der Waals surface area contributed by atoms with Gasteiger partial charge in [0.15, 0.2) is 5.84 Å². The fourth-order valence-corrected chi connectivity index (χ4v) is 7.01. The third-order valence-corrected chi connectivity index (χ3v) is 9.33. The van der Waals surface area contributed by atoms with Crippen LogP contribution in [0.15, 0.2) is 170 Å². The molecule has 1 N–H and O–H groups in total. The van der Waals surface area contributed by atoms with Crippen molar-refractivity contribution >= 4 is 66.3 Å². The first-order valence-electron chi connectivity index (χ1n) is 16.1. The molecule has 1 aliphatic heterocycles. The number of para-hydroxylation sites is 2. The van der Waals surface area contributed by atoms with Crippen molar-refractivity contribution in [2.75, 3.05) is 0 Å². The van der Waals surface area contributed by atoms with Crippen LogP contribution in [0, 0.1) is 0 Å². The Morgan fingerprint density at radius 2 is 1.25 bits per heavy atom. The van der Waals surface area contributed by atoms with Crippen LogP contribution in [0.4, 0.5) is 0 Å². The molecule has 1 unspecified atom stereocenters. The van der Waals surface area contributed by atoms with Gasteiger partial charge in [0.25, 0.3) is 0 Å². The molecule has 0 spiro atoms. The first-order valence-corrected chi connectivity index (χ1v) is 16.1. The Morgan fingerprint density at radius 3 is 2.19 bits per heavy atom. The third-order valence-electron chi connectivity index (χ3n) is 9.33. The molecule has 226 valence electrons. The highest BCUT2D eigenvalue weighted by Crippen LogP contribution is 2.39. The van der Waals surface area contributed by atoms with Crippen LogP contribution >= 0.6 is 0 Å². The molecule has 0 bridgehead atoms. The minimum Gasteiger partial charge on any atom is -0.456 e. The number of aliphatic imine (C=N–C) groups is 2. The zero-order chi connectivity index (χ0) is 31.6. The molecule has 0 amide bonds. The van der Waals surface area contributed by atoms with E-state index in [1.807, 2.05) is 54.6 Å². The fourth-order valence-electron chi connectivity index (χ4n) is 7.01. The normalized spacial score (nSPS) is 14.9. The lowest BCUT2D eigenvalue weighted by atomic mass is 9.98. The number of amidine groups is 2. The van der Waals surface area contributed by atoms with Crippen LogP contribution in [0.5, 0.6) is 0 Å². The Bertz CT molecular complexity index is 2770. The Labute approximate surface area is 275 Å². The molecule has 9 aromatic rings. The van der Waals surface area contributed by atoms with E-state index in [0.717, 1.165) is 77.5 Å². The van der Waals surface area contributed by atoms with Crippen LogP contribution in [-0.4, -0.2) is 11.7 Å². The maximum Gasteiger partial charge on any atom is 0.160 e. The summed E-state index contributed by atoms with van der Waals surface area (Å²) in [5.41, 5.74) is 8.50. The van der Waals surface area contributed by atoms with Crippen molar-refractivity contribution in [1.29, 1.82) is 0 Å². The molecule has 1 aliphatic rings. The number of furan rings is 2. The van der Waals surface area contributed by atoms with E-state index in [2.05, 4.69) is 102 Å². The minimum absolute atomic E-state index is 0.368. The van der Waals surface area contributed by atoms with Gasteiger partial charge in [0.05, 0.1) is 0 Å². The van der Waals surface area contributed by atoms with Gasteiger partial charge in [-0.2, -0.15) is 0 Å². The lowest BCUT2D eigenvalue weighted by Crippen LogP contribution is -2.33. The average molecular weight is 618 g/mol. The molecular weight excluding hydrogens is 590 g/mol. The summed E-state index contributed by atoms with van der Waals surface area (Å²) in [4.78, 5) is 10.4. The van der Waals surface area contributed by atoms with Gasteiger partial charge in [-0.05, 0) is 52.2 Å². The van der Waals surface area contributed by atoms with Gasteiger partial charge in [-0.3, -0.25) is 0 Å². The smallest absolute Gasteiger partial charge is 0.160 e. The van der Waals surface area contributed by atoms with E-state index >= 15 is 0 Å². The number of fused-ring (bicyclic) bond motifs is 7. The van der Waals surface area contributed by atoms with Crippen molar-refractivity contribution in [1.82, 2.24) is 5.32 Å². The molecule has 5 heteroatoms. The van der Waals surface area contributed by atoms with E-state index in [1.54, 1.807) is 0 Å². The highest BCUT2D eigenvalue weighted by molar-refractivity contribution is 6.23. The fraction of sp³-hybridized carbons (Fsp3) is 0.0233. The van der Waals surface area contributed by atoms with Crippen molar-refractivity contribution in [2.45, 2.75) is 6.17 Å². The number of hydrogen-bond acceptors (Lipinski definition) is 5. The van der Waals surface area contributed by atoms with Crippen molar-refractivity contribution in [3.8, 4) is 11.1 Å². The lowest BCUT2D eigenvalue weighted by molar-refractivity contribution is 0.663. The topological polar surface area (TPSA) is 63.0 Å². The summed E-state index contributed by atoms with van der Waals surface area (Å²) in [7, 11) is 0. The summed E-state index contributed by atoms with van der Waals surface area (Å²) in [5.74, 6) is 1.42. The van der Waals surface area contributed by atoms with Gasteiger partial charge in [-0.1, -0.05) is 121 Å². The van der Waals surface area contributed by atoms with Crippen molar-refractivity contribution in [3.05, 3.63) is 168 Å². The van der Waals surface area contributed by atoms with Crippen LogP contribution in [0.1, 0.15) is 22.9 Å². The summed E-state index contributed by atoms with van der Waals surface area (Å²) in [6.45, 7) is 0. The van der Waals surface area contributed by atoms with Gasteiger partial charge < -0.3 is 14.2 Å². The largest absolute Gasteiger partial charge is 0.456 e. The molecule has 0 fully saturated rings. The molecule has 0 radical (unpaired) electrons. The Morgan fingerprint density at radius 1 is 0.500 bits per heavy atom. The Hall–Kier alpha value is -6.46. The van der Waals surface area contributed by atoms with E-state index in [-0.39, 0.29) is 6.17 Å². The molecule has 2 aromatic heterocycles. The van der Waals surface area contributed by atoms with Gasteiger partial charge in [0.1, 0.15) is 34.3 Å². The van der Waals surface area contributed by atoms with Crippen LogP contribution in [0.25, 0.3) is 65.8 Å². The average Bonchev–Trinajstić information content (AvgIpc) is 3.73. The molecule has 3 heterocycles. The Balaban J connectivity index is 1.16. The number of benzene rings is 7. The maximum atomic E-state index is 6.66. The number of hydrogen-bond donors (Lipinski definition) is 1. The van der Waals surface area contributed by atoms with Gasteiger partial charge in [-0.15, -0.1) is 0 Å². The predicted octanol–water partition coefficient (Wildman–Crippen LogP) is 10.8. The number of rotatable bonds is 4. The zero-order valence-electron chi connectivity index (χ0n) is 25.7. The molecule has 10 rings (SSSR count). The van der Waals surface area contributed by atoms with E-state index in [9.17, 15) is 0 Å². The molecule has 0 aliphatic carbocycles. The van der Waals surface area contributed by atoms with Crippen LogP contribution < -0.4 is 5.32 Å². The van der Waals surface area contributed by atoms with E-state index in [4.69, 9.17) is 18.8 Å². The second-order valence-electron chi connectivity index (χ2n) is 12.2. The summed E-state index contributed by atoms with van der Waals surface area (Å²) in [6.07, 6.45) is -0.368. The molecule has 1 atom stereocenters. The van der Waals surface area contributed by atoms with Gasteiger partial charge in [0, 0.05) is 38.2 Å². The maximum absolute atomic E-state index is 6.66. The van der Waals surface area contributed by atoms with Crippen molar-refractivity contribution in [3.63, 3.8) is 0 Å². The highest BCUT2D eigenvalue weighted by atomic mass is 16.3. The molecule has 0 saturated carbocycles. The molecule has 7 aromatic carbocycles. The van der Waals surface area contributed by atoms with Crippen LogP contribution in [0.2, 0.25) is 0 Å². The van der Waals surface area contributed by atoms with Gasteiger partial charge >= 0.3 is 0 Å². The first kappa shape index (κ1) is 26.7. The van der Waals surface area contributed by atoms with Gasteiger partial charge in [-0.25, -0.2) is 9.98 Å². The van der Waals surface area contributed by atoms with Crippen LogP contribution in [-0.2, 0) is 0 Å². The quantitative estimate of drug-likeness (QED) is 0.214. The second-order valence-corrected chi connectivity index (χ2v) is 12.2. The third kappa shape index (κ3) is 4.25. The molecule has 5 nitrogen and oxygen atoms in total. The van der Waals surface area contributed by atoms with E-state index in [0.29, 0.717) is 5.84 Å². The lowest BCUT2D eigenvalue weighted by Gasteiger charge is -2.24. The van der Waals surface area contributed by atoms with Crippen molar-refractivity contribution in [2.24, 2.45) is 9.98 Å². The van der Waals surface area contributed by atoms with Crippen molar-refractivity contribution < 1.29 is 8.83 Å². The van der Waals surface area contributed by atoms with Gasteiger partial charge in [0.2, 0.25) is 0 Å². The predicted molar refractivity (Wildman–Crippen MR) is 196 cm³/mol. The summed E-state index contributed by atoms with van der Waals surface area (Å²) < 4.78 is 12.8. The highest BCUT2D eigenvalue weighted by Gasteiger charge is 2.25. The number of nitrogens with one attached hydrogen (secondary N) is 1. The monoisotopic (exact) mass is 617 g/mol. The Kier molecular flexibility index (Phi) is 5.87. The standard InChI is InChI=1S/C43H27N3O2/c1-2-11-27(12-3-1)41-44-42(30-22-23-37-35(25-30)32-14-6-7-18-36(32)47-37)46-43(45-41)34-17-9-19-38-39(34)33-16-8-15-31(40(33)48-38)29-21-20-26-10-4-5-13-28(26)24-29/h1-25,42H,(H,44,45,46). The first-order chi connectivity index (χ1) is 23.8. The number of nitrogens with zero attached hydrogens (tertiary/aromatic N) is 2.